The summed E-state index contributed by atoms with van der Waals surface area (Å²) in [7, 11) is 0. The molecule has 104 valence electrons. The smallest absolute Gasteiger partial charge is 0.228 e. The quantitative estimate of drug-likeness (QED) is 0.880. The van der Waals surface area contributed by atoms with Gasteiger partial charge in [0.2, 0.25) is 5.91 Å². The number of piperidine rings is 1. The predicted octanol–water partition coefficient (Wildman–Crippen LogP) is 2.48. The highest BCUT2D eigenvalue weighted by Crippen LogP contribution is 2.23. The summed E-state index contributed by atoms with van der Waals surface area (Å²) in [6, 6.07) is 9.91. The molecular weight excluding hydrogens is 250 g/mol. The maximum Gasteiger partial charge on any atom is 0.228 e. The molecule has 1 fully saturated rings. The van der Waals surface area contributed by atoms with Gasteiger partial charge in [0, 0.05) is 17.6 Å². The first-order valence-corrected chi connectivity index (χ1v) is 7.12. The van der Waals surface area contributed by atoms with Crippen molar-refractivity contribution in [2.24, 2.45) is 5.92 Å². The molecule has 0 unspecified atom stereocenters. The van der Waals surface area contributed by atoms with E-state index in [4.69, 9.17) is 0 Å². The van der Waals surface area contributed by atoms with Crippen LogP contribution in [0.1, 0.15) is 18.5 Å². The molecule has 3 rings (SSSR count). The first kappa shape index (κ1) is 13.1. The van der Waals surface area contributed by atoms with Gasteiger partial charge in [-0.05, 0) is 38.4 Å². The minimum atomic E-state index is 0.0591. The number of anilines is 1. The van der Waals surface area contributed by atoms with Crippen molar-refractivity contribution in [2.45, 2.75) is 19.8 Å². The summed E-state index contributed by atoms with van der Waals surface area (Å²) in [6.45, 7) is 3.74. The lowest BCUT2D eigenvalue weighted by Gasteiger charge is -2.22. The third kappa shape index (κ3) is 2.65. The van der Waals surface area contributed by atoms with Crippen LogP contribution >= 0.6 is 0 Å². The van der Waals surface area contributed by atoms with E-state index in [1.807, 2.05) is 37.3 Å². The van der Waals surface area contributed by atoms with Crippen LogP contribution in [0.3, 0.4) is 0 Å². The van der Waals surface area contributed by atoms with E-state index in [-0.39, 0.29) is 11.8 Å². The Bertz CT molecular complexity index is 633. The van der Waals surface area contributed by atoms with Crippen molar-refractivity contribution in [3.05, 3.63) is 36.0 Å². The third-order valence-electron chi connectivity index (χ3n) is 3.79. The molecule has 1 aliphatic heterocycles. The van der Waals surface area contributed by atoms with E-state index in [2.05, 4.69) is 15.6 Å². The van der Waals surface area contributed by atoms with Crippen LogP contribution < -0.4 is 10.6 Å². The van der Waals surface area contributed by atoms with Crippen molar-refractivity contribution in [2.75, 3.05) is 18.4 Å². The summed E-state index contributed by atoms with van der Waals surface area (Å²) in [5.74, 6) is 0.150. The van der Waals surface area contributed by atoms with Crippen LogP contribution in [0.15, 0.2) is 30.3 Å². The van der Waals surface area contributed by atoms with Gasteiger partial charge in [-0.2, -0.15) is 0 Å². The zero-order valence-corrected chi connectivity index (χ0v) is 11.6. The van der Waals surface area contributed by atoms with Crippen molar-refractivity contribution in [1.29, 1.82) is 0 Å². The van der Waals surface area contributed by atoms with Crippen LogP contribution in [0.4, 0.5) is 5.69 Å². The van der Waals surface area contributed by atoms with Gasteiger partial charge in [0.1, 0.15) is 0 Å². The molecule has 0 aliphatic carbocycles. The van der Waals surface area contributed by atoms with Crippen molar-refractivity contribution in [3.63, 3.8) is 0 Å². The average molecular weight is 269 g/mol. The van der Waals surface area contributed by atoms with Gasteiger partial charge < -0.3 is 10.6 Å². The highest BCUT2D eigenvalue weighted by atomic mass is 16.1. The van der Waals surface area contributed by atoms with Crippen molar-refractivity contribution >= 4 is 22.5 Å². The Hall–Kier alpha value is -1.94. The third-order valence-corrected chi connectivity index (χ3v) is 3.79. The van der Waals surface area contributed by atoms with E-state index in [1.54, 1.807) is 0 Å². The Morgan fingerprint density at radius 1 is 1.35 bits per heavy atom. The first-order valence-electron chi connectivity index (χ1n) is 7.12. The van der Waals surface area contributed by atoms with Crippen molar-refractivity contribution in [3.8, 4) is 0 Å². The molecule has 0 spiro atoms. The molecule has 2 heterocycles. The molecule has 1 saturated heterocycles. The molecule has 1 atom stereocenters. The maximum absolute atomic E-state index is 12.3. The number of aryl methyl sites for hydroxylation is 1. The van der Waals surface area contributed by atoms with Crippen molar-refractivity contribution in [1.82, 2.24) is 10.3 Å². The van der Waals surface area contributed by atoms with E-state index in [1.165, 1.54) is 0 Å². The summed E-state index contributed by atoms with van der Waals surface area (Å²) >= 11 is 0. The zero-order chi connectivity index (χ0) is 13.9. The first-order chi connectivity index (χ1) is 9.74. The van der Waals surface area contributed by atoms with Crippen LogP contribution in [0.25, 0.3) is 10.9 Å². The van der Waals surface area contributed by atoms with Gasteiger partial charge in [-0.15, -0.1) is 0 Å². The Labute approximate surface area is 118 Å². The average Bonchev–Trinajstić information content (AvgIpc) is 2.49. The predicted molar refractivity (Wildman–Crippen MR) is 80.7 cm³/mol. The number of benzene rings is 1. The van der Waals surface area contributed by atoms with Crippen LogP contribution in [0.5, 0.6) is 0 Å². The number of carbonyl (C=O) groups excluding carboxylic acids is 1. The van der Waals surface area contributed by atoms with E-state index < -0.39 is 0 Å². The number of pyridine rings is 1. The van der Waals surface area contributed by atoms with Gasteiger partial charge >= 0.3 is 0 Å². The van der Waals surface area contributed by atoms with Crippen LogP contribution in [0.2, 0.25) is 0 Å². The molecule has 4 heteroatoms. The fourth-order valence-electron chi connectivity index (χ4n) is 2.66. The number of aromatic nitrogens is 1. The number of hydrogen-bond donors (Lipinski definition) is 2. The molecule has 0 bridgehead atoms. The number of nitrogens with zero attached hydrogens (tertiary/aromatic N) is 1. The lowest BCUT2D eigenvalue weighted by atomic mass is 9.98. The molecule has 0 radical (unpaired) electrons. The zero-order valence-electron chi connectivity index (χ0n) is 11.6. The second-order valence-corrected chi connectivity index (χ2v) is 5.36. The number of hydrogen-bond acceptors (Lipinski definition) is 3. The molecule has 20 heavy (non-hydrogen) atoms. The Morgan fingerprint density at radius 2 is 2.25 bits per heavy atom. The molecule has 1 aromatic heterocycles. The Kier molecular flexibility index (Phi) is 3.65. The number of carbonyl (C=O) groups is 1. The number of rotatable bonds is 2. The van der Waals surface area contributed by atoms with Crippen LogP contribution in [-0.4, -0.2) is 24.0 Å². The molecule has 0 saturated carbocycles. The fraction of sp³-hybridized carbons (Fsp3) is 0.375. The van der Waals surface area contributed by atoms with E-state index in [9.17, 15) is 4.79 Å². The Morgan fingerprint density at radius 3 is 3.05 bits per heavy atom. The second kappa shape index (κ2) is 5.59. The van der Waals surface area contributed by atoms with Crippen LogP contribution in [0, 0.1) is 12.8 Å². The van der Waals surface area contributed by atoms with E-state index in [0.29, 0.717) is 0 Å². The second-order valence-electron chi connectivity index (χ2n) is 5.36. The van der Waals surface area contributed by atoms with Gasteiger partial charge in [0.05, 0.1) is 17.1 Å². The molecule has 1 aromatic carbocycles. The lowest BCUT2D eigenvalue weighted by Crippen LogP contribution is -2.37. The molecule has 2 N–H and O–H groups in total. The number of nitrogens with one attached hydrogen (secondary N) is 2. The minimum Gasteiger partial charge on any atom is -0.324 e. The molecular formula is C16H19N3O. The lowest BCUT2D eigenvalue weighted by molar-refractivity contribution is -0.120. The van der Waals surface area contributed by atoms with Crippen LogP contribution in [-0.2, 0) is 4.79 Å². The summed E-state index contributed by atoms with van der Waals surface area (Å²) in [5, 5.41) is 7.36. The van der Waals surface area contributed by atoms with Gasteiger partial charge in [-0.3, -0.25) is 9.78 Å². The largest absolute Gasteiger partial charge is 0.324 e. The fourth-order valence-corrected chi connectivity index (χ4v) is 2.66. The summed E-state index contributed by atoms with van der Waals surface area (Å²) < 4.78 is 0. The van der Waals surface area contributed by atoms with E-state index in [0.717, 1.165) is 48.2 Å². The molecule has 1 amide bonds. The van der Waals surface area contributed by atoms with E-state index >= 15 is 0 Å². The molecule has 2 aromatic rings. The highest BCUT2D eigenvalue weighted by molar-refractivity contribution is 6.01. The number of amides is 1. The topological polar surface area (TPSA) is 54.0 Å². The molecule has 4 nitrogen and oxygen atoms in total. The Balaban J connectivity index is 1.86. The number of para-hydroxylation sites is 1. The normalized spacial score (nSPS) is 18.9. The molecule has 1 aliphatic rings. The summed E-state index contributed by atoms with van der Waals surface area (Å²) in [6.07, 6.45) is 2.01. The maximum atomic E-state index is 12.3. The standard InChI is InChI=1S/C16H19N3O/c1-11-7-8-12-4-2-6-14(15(12)18-11)19-16(20)13-5-3-9-17-10-13/h2,4,6-8,13,17H,3,5,9-10H2,1H3,(H,19,20)/t13-/m0/s1. The summed E-state index contributed by atoms with van der Waals surface area (Å²) in [4.78, 5) is 16.9. The minimum absolute atomic E-state index is 0.0591. The monoisotopic (exact) mass is 269 g/mol. The highest BCUT2D eigenvalue weighted by Gasteiger charge is 2.21. The van der Waals surface area contributed by atoms with Crippen molar-refractivity contribution < 1.29 is 4.79 Å². The van der Waals surface area contributed by atoms with Gasteiger partial charge in [0.15, 0.2) is 0 Å². The van der Waals surface area contributed by atoms with Gasteiger partial charge in [-0.25, -0.2) is 0 Å². The number of fused-ring (bicyclic) bond motifs is 1. The summed E-state index contributed by atoms with van der Waals surface area (Å²) in [5.41, 5.74) is 2.63. The van der Waals surface area contributed by atoms with Gasteiger partial charge in [-0.1, -0.05) is 18.2 Å². The SMILES string of the molecule is Cc1ccc2cccc(NC(=O)[C@H]3CCCNC3)c2n1. The van der Waals surface area contributed by atoms with Gasteiger partial charge in [0.25, 0.3) is 0 Å².